The van der Waals surface area contributed by atoms with Crippen molar-refractivity contribution in [1.82, 2.24) is 19.6 Å². The number of nitrogens with two attached hydrogens (primary N) is 1. The lowest BCUT2D eigenvalue weighted by Crippen LogP contribution is -2.10. The Morgan fingerprint density at radius 1 is 1.38 bits per heavy atom. The van der Waals surface area contributed by atoms with Gasteiger partial charge in [-0.3, -0.25) is 4.79 Å². The monoisotopic (exact) mass is 349 g/mol. The molecule has 0 saturated heterocycles. The first-order valence-electron chi connectivity index (χ1n) is 8.29. The molecule has 0 aliphatic rings. The number of hydrogen-bond acceptors (Lipinski definition) is 6. The van der Waals surface area contributed by atoms with E-state index >= 15 is 0 Å². The smallest absolute Gasteiger partial charge is 0.268 e. The standard InChI is InChI=1S/C18H19N7O/c1-4-14-11(2)24-25-16(19)15(20-3)17(23-18(14)25)21-9-8-12-6-5-7-13(10-26)22-12/h5-7,10H,4,8-9,19H2,1-2H3,(H,21,23). The molecule has 0 amide bonds. The van der Waals surface area contributed by atoms with E-state index in [0.29, 0.717) is 30.1 Å². The number of aldehydes is 1. The molecule has 0 bridgehead atoms. The van der Waals surface area contributed by atoms with Crippen molar-refractivity contribution in [2.75, 3.05) is 17.6 Å². The SMILES string of the molecule is [C-]#[N+]c1c(NCCc2cccc(C=O)n2)nc2c(CC)c(C)nn2c1N. The molecule has 0 aromatic carbocycles. The molecule has 0 spiro atoms. The van der Waals surface area contributed by atoms with E-state index in [1.807, 2.05) is 19.9 Å². The third-order valence-electron chi connectivity index (χ3n) is 4.16. The highest BCUT2D eigenvalue weighted by molar-refractivity contribution is 5.80. The minimum absolute atomic E-state index is 0.247. The molecule has 3 N–H and O–H groups in total. The Morgan fingerprint density at radius 3 is 2.88 bits per heavy atom. The molecular formula is C18H19N7O. The normalized spacial score (nSPS) is 10.7. The lowest BCUT2D eigenvalue weighted by atomic mass is 10.2. The molecule has 3 aromatic heterocycles. The molecule has 3 aromatic rings. The van der Waals surface area contributed by atoms with Crippen molar-refractivity contribution in [3.8, 4) is 0 Å². The van der Waals surface area contributed by atoms with Crippen LogP contribution in [0.25, 0.3) is 10.5 Å². The summed E-state index contributed by atoms with van der Waals surface area (Å²) in [5, 5.41) is 7.56. The third-order valence-corrected chi connectivity index (χ3v) is 4.16. The summed E-state index contributed by atoms with van der Waals surface area (Å²) < 4.78 is 1.53. The zero-order valence-corrected chi connectivity index (χ0v) is 14.7. The molecule has 0 aliphatic heterocycles. The average Bonchev–Trinajstić information content (AvgIpc) is 2.97. The minimum Gasteiger partial charge on any atom is -0.392 e. The number of nitrogens with zero attached hydrogens (tertiary/aromatic N) is 5. The highest BCUT2D eigenvalue weighted by atomic mass is 16.1. The third kappa shape index (κ3) is 3.07. The lowest BCUT2D eigenvalue weighted by Gasteiger charge is -2.11. The van der Waals surface area contributed by atoms with Gasteiger partial charge in [0.15, 0.2) is 11.9 Å². The van der Waals surface area contributed by atoms with Crippen LogP contribution in [0.5, 0.6) is 0 Å². The number of aryl methyl sites for hydroxylation is 2. The molecule has 0 radical (unpaired) electrons. The van der Waals surface area contributed by atoms with Gasteiger partial charge in [-0.05, 0) is 25.5 Å². The number of anilines is 2. The van der Waals surface area contributed by atoms with Crippen LogP contribution in [-0.2, 0) is 12.8 Å². The Morgan fingerprint density at radius 2 is 2.19 bits per heavy atom. The maximum atomic E-state index is 10.8. The van der Waals surface area contributed by atoms with Gasteiger partial charge in [-0.2, -0.15) is 5.10 Å². The molecule has 3 heterocycles. The van der Waals surface area contributed by atoms with E-state index in [1.54, 1.807) is 12.1 Å². The van der Waals surface area contributed by atoms with Crippen molar-refractivity contribution in [2.45, 2.75) is 26.7 Å². The molecular weight excluding hydrogens is 330 g/mol. The van der Waals surface area contributed by atoms with Gasteiger partial charge in [-0.25, -0.2) is 19.3 Å². The molecule has 8 heteroatoms. The molecule has 0 saturated carbocycles. The Bertz CT molecular complexity index is 1020. The number of carbonyl (C=O) groups is 1. The largest absolute Gasteiger partial charge is 0.392 e. The van der Waals surface area contributed by atoms with Gasteiger partial charge >= 0.3 is 0 Å². The van der Waals surface area contributed by atoms with Crippen LogP contribution < -0.4 is 11.1 Å². The van der Waals surface area contributed by atoms with E-state index in [9.17, 15) is 4.79 Å². The van der Waals surface area contributed by atoms with Crippen LogP contribution in [-0.4, -0.2) is 32.4 Å². The van der Waals surface area contributed by atoms with E-state index in [1.165, 1.54) is 4.52 Å². The summed E-state index contributed by atoms with van der Waals surface area (Å²) in [4.78, 5) is 23.2. The van der Waals surface area contributed by atoms with Gasteiger partial charge in [0.25, 0.3) is 5.69 Å². The summed E-state index contributed by atoms with van der Waals surface area (Å²) in [6.07, 6.45) is 2.09. The Kier molecular flexibility index (Phi) is 4.80. The van der Waals surface area contributed by atoms with E-state index in [0.717, 1.165) is 29.7 Å². The highest BCUT2D eigenvalue weighted by Crippen LogP contribution is 2.32. The lowest BCUT2D eigenvalue weighted by molar-refractivity contribution is 0.111. The summed E-state index contributed by atoms with van der Waals surface area (Å²) in [5.41, 5.74) is 10.1. The van der Waals surface area contributed by atoms with Crippen LogP contribution in [0.2, 0.25) is 0 Å². The van der Waals surface area contributed by atoms with Crippen LogP contribution in [0.3, 0.4) is 0 Å². The summed E-state index contributed by atoms with van der Waals surface area (Å²) in [5.74, 6) is 0.711. The van der Waals surface area contributed by atoms with Crippen molar-refractivity contribution in [3.05, 3.63) is 52.3 Å². The summed E-state index contributed by atoms with van der Waals surface area (Å²) >= 11 is 0. The Labute approximate surface area is 150 Å². The molecule has 0 fully saturated rings. The number of carbonyl (C=O) groups excluding carboxylic acids is 1. The molecule has 0 atom stereocenters. The predicted molar refractivity (Wildman–Crippen MR) is 99.6 cm³/mol. The quantitative estimate of drug-likeness (QED) is 0.524. The maximum absolute atomic E-state index is 10.8. The van der Waals surface area contributed by atoms with Crippen molar-refractivity contribution in [2.24, 2.45) is 0 Å². The molecule has 8 nitrogen and oxygen atoms in total. The van der Waals surface area contributed by atoms with E-state index < -0.39 is 0 Å². The van der Waals surface area contributed by atoms with E-state index in [2.05, 4.69) is 25.2 Å². The molecule has 3 rings (SSSR count). The first kappa shape index (κ1) is 17.4. The van der Waals surface area contributed by atoms with Crippen LogP contribution in [0.15, 0.2) is 18.2 Å². The average molecular weight is 349 g/mol. The Balaban J connectivity index is 1.89. The fourth-order valence-corrected chi connectivity index (χ4v) is 2.87. The van der Waals surface area contributed by atoms with Crippen molar-refractivity contribution >= 4 is 29.3 Å². The first-order valence-corrected chi connectivity index (χ1v) is 8.29. The van der Waals surface area contributed by atoms with Gasteiger partial charge < -0.3 is 11.1 Å². The number of hydrogen-bond donors (Lipinski definition) is 2. The summed E-state index contributed by atoms with van der Waals surface area (Å²) in [7, 11) is 0. The van der Waals surface area contributed by atoms with Crippen molar-refractivity contribution in [3.63, 3.8) is 0 Å². The number of fused-ring (bicyclic) bond motifs is 1. The topological polar surface area (TPSA) is 103 Å². The molecule has 26 heavy (non-hydrogen) atoms. The second kappa shape index (κ2) is 7.19. The predicted octanol–water partition coefficient (Wildman–Crippen LogP) is 2.60. The second-order valence-electron chi connectivity index (χ2n) is 5.81. The first-order chi connectivity index (χ1) is 12.6. The Hall–Kier alpha value is -3.47. The minimum atomic E-state index is 0.247. The van der Waals surface area contributed by atoms with E-state index in [-0.39, 0.29) is 11.5 Å². The number of rotatable bonds is 6. The second-order valence-corrected chi connectivity index (χ2v) is 5.81. The molecule has 0 unspecified atom stereocenters. The van der Waals surface area contributed by atoms with Gasteiger partial charge in [0.2, 0.25) is 0 Å². The fourth-order valence-electron chi connectivity index (χ4n) is 2.87. The van der Waals surface area contributed by atoms with Crippen molar-refractivity contribution < 1.29 is 4.79 Å². The van der Waals surface area contributed by atoms with Gasteiger partial charge in [0.05, 0.1) is 12.3 Å². The number of nitrogens with one attached hydrogen (secondary N) is 1. The van der Waals surface area contributed by atoms with Crippen LogP contribution in [0.4, 0.5) is 17.3 Å². The highest BCUT2D eigenvalue weighted by Gasteiger charge is 2.18. The van der Waals surface area contributed by atoms with Crippen molar-refractivity contribution in [1.29, 1.82) is 0 Å². The zero-order chi connectivity index (χ0) is 18.7. The van der Waals surface area contributed by atoms with E-state index in [4.69, 9.17) is 12.3 Å². The van der Waals surface area contributed by atoms with Gasteiger partial charge in [-0.15, -0.1) is 0 Å². The maximum Gasteiger partial charge on any atom is 0.268 e. The van der Waals surface area contributed by atoms with Gasteiger partial charge in [0, 0.05) is 24.2 Å². The van der Waals surface area contributed by atoms with Crippen LogP contribution in [0, 0.1) is 13.5 Å². The summed E-state index contributed by atoms with van der Waals surface area (Å²) in [6, 6.07) is 5.30. The van der Waals surface area contributed by atoms with Crippen LogP contribution >= 0.6 is 0 Å². The van der Waals surface area contributed by atoms with Crippen LogP contribution in [0.1, 0.15) is 34.4 Å². The van der Waals surface area contributed by atoms with Gasteiger partial charge in [-0.1, -0.05) is 13.0 Å². The molecule has 0 aliphatic carbocycles. The van der Waals surface area contributed by atoms with Gasteiger partial charge in [0.1, 0.15) is 17.3 Å². The number of pyridine rings is 1. The molecule has 132 valence electrons. The summed E-state index contributed by atoms with van der Waals surface area (Å²) in [6.45, 7) is 11.9. The fraction of sp³-hybridized carbons (Fsp3) is 0.278. The number of aromatic nitrogens is 4. The zero-order valence-electron chi connectivity index (χ0n) is 14.7. The number of nitrogen functional groups attached to an aromatic ring is 1.